The summed E-state index contributed by atoms with van der Waals surface area (Å²) >= 11 is 13.5. The number of nitrogens with one attached hydrogen (secondary N) is 1. The lowest BCUT2D eigenvalue weighted by atomic mass is 10.0. The maximum absolute atomic E-state index is 12.2. The second kappa shape index (κ2) is 9.41. The van der Waals surface area contributed by atoms with Crippen molar-refractivity contribution in [3.63, 3.8) is 0 Å². The average molecular weight is 435 g/mol. The number of carbonyl (C=O) groups excluding carboxylic acids is 1. The van der Waals surface area contributed by atoms with E-state index in [0.29, 0.717) is 27.5 Å². The van der Waals surface area contributed by atoms with Gasteiger partial charge in [0.25, 0.3) is 5.91 Å². The van der Waals surface area contributed by atoms with Crippen molar-refractivity contribution < 1.29 is 9.53 Å². The molecule has 0 bridgehead atoms. The molecule has 4 nitrogen and oxygen atoms in total. The van der Waals surface area contributed by atoms with E-state index in [-0.39, 0.29) is 12.5 Å². The Morgan fingerprint density at radius 2 is 1.89 bits per heavy atom. The van der Waals surface area contributed by atoms with Crippen LogP contribution in [0.3, 0.4) is 0 Å². The third-order valence-electron chi connectivity index (χ3n) is 4.00. The number of hydrogen-bond acceptors (Lipinski definition) is 4. The predicted octanol–water partition coefficient (Wildman–Crippen LogP) is 6.18. The molecule has 0 atom stereocenters. The van der Waals surface area contributed by atoms with E-state index in [1.165, 1.54) is 11.3 Å². The molecule has 0 aliphatic heterocycles. The van der Waals surface area contributed by atoms with Gasteiger partial charge in [-0.05, 0) is 41.3 Å². The Bertz CT molecular complexity index is 952. The standard InChI is InChI=1S/C21H20Cl2N2O2S/c1-13(2)18-5-3-4-6-19(18)27-12-20(26)25-21-24-11-17(28-21)9-14-7-15(22)10-16(23)8-14/h3-8,10-11,13H,9,12H2,1-2H3,(H,24,25,26). The van der Waals surface area contributed by atoms with Crippen molar-refractivity contribution in [2.75, 3.05) is 11.9 Å². The highest BCUT2D eigenvalue weighted by molar-refractivity contribution is 7.15. The molecule has 1 amide bonds. The molecule has 3 aromatic rings. The van der Waals surface area contributed by atoms with Crippen molar-refractivity contribution in [1.82, 2.24) is 4.98 Å². The summed E-state index contributed by atoms with van der Waals surface area (Å²) in [5, 5.41) is 4.51. The number of rotatable bonds is 7. The Morgan fingerprint density at radius 3 is 2.61 bits per heavy atom. The van der Waals surface area contributed by atoms with Crippen molar-refractivity contribution in [2.45, 2.75) is 26.2 Å². The fourth-order valence-electron chi connectivity index (χ4n) is 2.75. The van der Waals surface area contributed by atoms with Crippen LogP contribution in [0.2, 0.25) is 10.0 Å². The Hall–Kier alpha value is -2.08. The van der Waals surface area contributed by atoms with Crippen LogP contribution in [0.4, 0.5) is 5.13 Å². The fraction of sp³-hybridized carbons (Fsp3) is 0.238. The molecule has 1 N–H and O–H groups in total. The highest BCUT2D eigenvalue weighted by Crippen LogP contribution is 2.27. The first kappa shape index (κ1) is 20.6. The van der Waals surface area contributed by atoms with E-state index in [1.54, 1.807) is 12.3 Å². The molecule has 3 rings (SSSR count). The van der Waals surface area contributed by atoms with Gasteiger partial charge in [0, 0.05) is 27.5 Å². The van der Waals surface area contributed by atoms with E-state index in [4.69, 9.17) is 27.9 Å². The topological polar surface area (TPSA) is 51.2 Å². The fourth-order valence-corrected chi connectivity index (χ4v) is 4.18. The summed E-state index contributed by atoms with van der Waals surface area (Å²) in [5.74, 6) is 0.802. The number of anilines is 1. The van der Waals surface area contributed by atoms with Crippen LogP contribution in [0.1, 0.15) is 35.8 Å². The number of nitrogens with zero attached hydrogens (tertiary/aromatic N) is 1. The van der Waals surface area contributed by atoms with E-state index < -0.39 is 0 Å². The Morgan fingerprint density at radius 1 is 1.18 bits per heavy atom. The van der Waals surface area contributed by atoms with Crippen molar-refractivity contribution in [3.8, 4) is 5.75 Å². The summed E-state index contributed by atoms with van der Waals surface area (Å²) in [6.45, 7) is 4.11. The van der Waals surface area contributed by atoms with Crippen LogP contribution in [0, 0.1) is 0 Å². The lowest BCUT2D eigenvalue weighted by molar-refractivity contribution is -0.118. The predicted molar refractivity (Wildman–Crippen MR) is 116 cm³/mol. The van der Waals surface area contributed by atoms with Crippen LogP contribution >= 0.6 is 34.5 Å². The quantitative estimate of drug-likeness (QED) is 0.482. The number of para-hydroxylation sites is 1. The van der Waals surface area contributed by atoms with Crippen molar-refractivity contribution in [1.29, 1.82) is 0 Å². The van der Waals surface area contributed by atoms with E-state index in [9.17, 15) is 4.79 Å². The number of hydrogen-bond donors (Lipinski definition) is 1. The highest BCUT2D eigenvalue weighted by Gasteiger charge is 2.11. The molecule has 0 saturated carbocycles. The smallest absolute Gasteiger partial charge is 0.264 e. The van der Waals surface area contributed by atoms with Gasteiger partial charge in [-0.15, -0.1) is 11.3 Å². The number of thiazole rings is 1. The molecule has 0 aliphatic rings. The van der Waals surface area contributed by atoms with Crippen molar-refractivity contribution in [2.24, 2.45) is 0 Å². The molecule has 146 valence electrons. The first-order valence-corrected chi connectivity index (χ1v) is 10.4. The molecule has 1 heterocycles. The number of amides is 1. The number of aromatic nitrogens is 1. The maximum Gasteiger partial charge on any atom is 0.264 e. The Labute approximate surface area is 178 Å². The van der Waals surface area contributed by atoms with Gasteiger partial charge in [0.2, 0.25) is 0 Å². The lowest BCUT2D eigenvalue weighted by Crippen LogP contribution is -2.20. The minimum absolute atomic E-state index is 0.0669. The van der Waals surface area contributed by atoms with E-state index in [0.717, 1.165) is 21.8 Å². The van der Waals surface area contributed by atoms with E-state index in [1.807, 2.05) is 36.4 Å². The zero-order valence-corrected chi connectivity index (χ0v) is 17.9. The van der Waals surface area contributed by atoms with Crippen molar-refractivity contribution >= 4 is 45.6 Å². The van der Waals surface area contributed by atoms with Gasteiger partial charge in [0.05, 0.1) is 0 Å². The molecule has 0 fully saturated rings. The average Bonchev–Trinajstić information content (AvgIpc) is 3.06. The molecule has 0 spiro atoms. The van der Waals surface area contributed by atoms with E-state index in [2.05, 4.69) is 24.1 Å². The molecule has 0 saturated heterocycles. The summed E-state index contributed by atoms with van der Waals surface area (Å²) in [4.78, 5) is 17.5. The molecular formula is C21H20Cl2N2O2S. The third-order valence-corrected chi connectivity index (χ3v) is 5.35. The van der Waals surface area contributed by atoms with Crippen molar-refractivity contribution in [3.05, 3.63) is 74.7 Å². The maximum atomic E-state index is 12.2. The van der Waals surface area contributed by atoms with Gasteiger partial charge in [-0.2, -0.15) is 0 Å². The van der Waals surface area contributed by atoms with Gasteiger partial charge in [-0.3, -0.25) is 10.1 Å². The summed E-state index contributed by atoms with van der Waals surface area (Å²) in [5.41, 5.74) is 2.07. The van der Waals surface area contributed by atoms with Crippen LogP contribution in [0.25, 0.3) is 0 Å². The first-order valence-electron chi connectivity index (χ1n) is 8.82. The summed E-state index contributed by atoms with van der Waals surface area (Å²) in [7, 11) is 0. The molecule has 2 aromatic carbocycles. The number of benzene rings is 2. The van der Waals surface area contributed by atoms with Gasteiger partial charge < -0.3 is 4.74 Å². The molecule has 0 aliphatic carbocycles. The second-order valence-electron chi connectivity index (χ2n) is 6.62. The van der Waals surface area contributed by atoms with E-state index >= 15 is 0 Å². The third kappa shape index (κ3) is 5.71. The Kier molecular flexibility index (Phi) is 6.94. The molecule has 28 heavy (non-hydrogen) atoms. The van der Waals surface area contributed by atoms with Gasteiger partial charge >= 0.3 is 0 Å². The monoisotopic (exact) mass is 434 g/mol. The van der Waals surface area contributed by atoms with Gasteiger partial charge in [0.1, 0.15) is 5.75 Å². The first-order chi connectivity index (χ1) is 13.4. The molecule has 0 unspecified atom stereocenters. The highest BCUT2D eigenvalue weighted by atomic mass is 35.5. The number of carbonyl (C=O) groups is 1. The molecule has 1 aromatic heterocycles. The van der Waals surface area contributed by atoms with Crippen LogP contribution in [0.5, 0.6) is 5.75 Å². The van der Waals surface area contributed by atoms with Crippen LogP contribution in [-0.2, 0) is 11.2 Å². The summed E-state index contributed by atoms with van der Waals surface area (Å²) in [6.07, 6.45) is 2.39. The zero-order chi connectivity index (χ0) is 20.1. The number of ether oxygens (including phenoxy) is 1. The second-order valence-corrected chi connectivity index (χ2v) is 8.60. The van der Waals surface area contributed by atoms with Gasteiger partial charge in [-0.25, -0.2) is 4.98 Å². The van der Waals surface area contributed by atoms with Crippen LogP contribution in [-0.4, -0.2) is 17.5 Å². The minimum Gasteiger partial charge on any atom is -0.483 e. The SMILES string of the molecule is CC(C)c1ccccc1OCC(=O)Nc1ncc(Cc2cc(Cl)cc(Cl)c2)s1. The van der Waals surface area contributed by atoms with Crippen LogP contribution < -0.4 is 10.1 Å². The Balaban J connectivity index is 1.57. The summed E-state index contributed by atoms with van der Waals surface area (Å²) in [6, 6.07) is 13.2. The molecule has 7 heteroatoms. The minimum atomic E-state index is -0.245. The zero-order valence-electron chi connectivity index (χ0n) is 15.5. The summed E-state index contributed by atoms with van der Waals surface area (Å²) < 4.78 is 5.70. The number of halogens is 2. The lowest BCUT2D eigenvalue weighted by Gasteiger charge is -2.13. The normalized spacial score (nSPS) is 10.9. The largest absolute Gasteiger partial charge is 0.483 e. The van der Waals surface area contributed by atoms with Gasteiger partial charge in [0.15, 0.2) is 11.7 Å². The molecule has 0 radical (unpaired) electrons. The van der Waals surface area contributed by atoms with Crippen LogP contribution in [0.15, 0.2) is 48.7 Å². The molecular weight excluding hydrogens is 415 g/mol. The van der Waals surface area contributed by atoms with Gasteiger partial charge in [-0.1, -0.05) is 55.2 Å².